The summed E-state index contributed by atoms with van der Waals surface area (Å²) in [5, 5.41) is 0. The van der Waals surface area contributed by atoms with E-state index in [1.165, 1.54) is 30.7 Å². The van der Waals surface area contributed by atoms with Crippen LogP contribution in [0.3, 0.4) is 0 Å². The van der Waals surface area contributed by atoms with Crippen LogP contribution < -0.4 is 0 Å². The van der Waals surface area contributed by atoms with Crippen LogP contribution in [0.2, 0.25) is 0 Å². The fourth-order valence-electron chi connectivity index (χ4n) is 2.30. The highest BCUT2D eigenvalue weighted by molar-refractivity contribution is 7.99. The molecule has 2 rings (SSSR count). The number of hydrogen-bond acceptors (Lipinski definition) is 2. The van der Waals surface area contributed by atoms with Crippen molar-refractivity contribution in [1.82, 2.24) is 4.90 Å². The van der Waals surface area contributed by atoms with Crippen molar-refractivity contribution < 1.29 is 13.6 Å². The van der Waals surface area contributed by atoms with Gasteiger partial charge in [-0.15, -0.1) is 11.8 Å². The van der Waals surface area contributed by atoms with Crippen LogP contribution in [0.25, 0.3) is 0 Å². The van der Waals surface area contributed by atoms with E-state index in [1.807, 2.05) is 4.90 Å². The first-order chi connectivity index (χ1) is 9.66. The molecule has 0 N–H and O–H groups in total. The molecule has 0 bridgehead atoms. The van der Waals surface area contributed by atoms with Crippen LogP contribution >= 0.6 is 11.8 Å². The molecule has 110 valence electrons. The molecule has 1 aromatic rings. The molecule has 20 heavy (non-hydrogen) atoms. The normalized spacial score (nSPS) is 16.0. The van der Waals surface area contributed by atoms with Gasteiger partial charge in [0.25, 0.3) is 0 Å². The van der Waals surface area contributed by atoms with Gasteiger partial charge in [0.15, 0.2) is 11.6 Å². The van der Waals surface area contributed by atoms with Gasteiger partial charge in [-0.05, 0) is 31.0 Å². The first-order valence-electron chi connectivity index (χ1n) is 7.02. The lowest BCUT2D eigenvalue weighted by atomic mass is 10.2. The van der Waals surface area contributed by atoms with Gasteiger partial charge in [0, 0.05) is 30.2 Å². The number of halogens is 2. The van der Waals surface area contributed by atoms with Crippen molar-refractivity contribution in [2.45, 2.75) is 37.0 Å². The summed E-state index contributed by atoms with van der Waals surface area (Å²) < 4.78 is 25.8. The molecule has 1 heterocycles. The molecule has 2 nitrogen and oxygen atoms in total. The summed E-state index contributed by atoms with van der Waals surface area (Å²) in [6, 6.07) is 3.84. The quantitative estimate of drug-likeness (QED) is 0.787. The minimum absolute atomic E-state index is 0.169. The fourth-order valence-corrected chi connectivity index (χ4v) is 3.16. The molecular weight excluding hydrogens is 280 g/mol. The Morgan fingerprint density at radius 2 is 1.80 bits per heavy atom. The molecule has 1 aromatic carbocycles. The second-order valence-corrected chi connectivity index (χ2v) is 6.14. The summed E-state index contributed by atoms with van der Waals surface area (Å²) in [5.41, 5.74) is 0. The Kier molecular flexibility index (Phi) is 5.83. The van der Waals surface area contributed by atoms with E-state index in [2.05, 4.69) is 0 Å². The van der Waals surface area contributed by atoms with Gasteiger partial charge in [0.2, 0.25) is 5.91 Å². The predicted octanol–water partition coefficient (Wildman–Crippen LogP) is 3.85. The molecule has 1 saturated heterocycles. The second kappa shape index (κ2) is 7.62. The lowest BCUT2D eigenvalue weighted by molar-refractivity contribution is -0.130. The second-order valence-electron chi connectivity index (χ2n) is 4.97. The van der Waals surface area contributed by atoms with E-state index < -0.39 is 11.6 Å². The third kappa shape index (κ3) is 4.47. The summed E-state index contributed by atoms with van der Waals surface area (Å²) in [4.78, 5) is 14.6. The topological polar surface area (TPSA) is 20.3 Å². The maximum atomic E-state index is 13.0. The van der Waals surface area contributed by atoms with E-state index >= 15 is 0 Å². The lowest BCUT2D eigenvalue weighted by Gasteiger charge is -2.20. The van der Waals surface area contributed by atoms with Gasteiger partial charge in [-0.25, -0.2) is 8.78 Å². The van der Waals surface area contributed by atoms with Crippen LogP contribution in [0, 0.1) is 11.6 Å². The Bertz CT molecular complexity index is 459. The largest absolute Gasteiger partial charge is 0.343 e. The van der Waals surface area contributed by atoms with Crippen LogP contribution in [0.15, 0.2) is 23.1 Å². The van der Waals surface area contributed by atoms with Crippen molar-refractivity contribution in [2.24, 2.45) is 0 Å². The molecular formula is C15H19F2NOS. The summed E-state index contributed by atoms with van der Waals surface area (Å²) in [7, 11) is 0. The Labute approximate surface area is 122 Å². The summed E-state index contributed by atoms with van der Waals surface area (Å²) in [6.07, 6.45) is 5.02. The fraction of sp³-hybridized carbons (Fsp3) is 0.533. The smallest absolute Gasteiger partial charge is 0.223 e. The maximum Gasteiger partial charge on any atom is 0.223 e. The molecule has 1 aliphatic rings. The molecule has 0 aromatic heterocycles. The van der Waals surface area contributed by atoms with Gasteiger partial charge in [-0.2, -0.15) is 0 Å². The highest BCUT2D eigenvalue weighted by atomic mass is 32.2. The minimum atomic E-state index is -0.839. The molecule has 1 aliphatic heterocycles. The predicted molar refractivity (Wildman–Crippen MR) is 76.7 cm³/mol. The Morgan fingerprint density at radius 3 is 2.45 bits per heavy atom. The molecule has 0 unspecified atom stereocenters. The number of likely N-dealkylation sites (tertiary alicyclic amines) is 1. The zero-order chi connectivity index (χ0) is 14.4. The van der Waals surface area contributed by atoms with Gasteiger partial charge in [-0.3, -0.25) is 4.79 Å². The van der Waals surface area contributed by atoms with E-state index in [4.69, 9.17) is 0 Å². The van der Waals surface area contributed by atoms with Crippen molar-refractivity contribution >= 4 is 17.7 Å². The molecule has 0 aliphatic carbocycles. The van der Waals surface area contributed by atoms with Crippen molar-refractivity contribution in [3.63, 3.8) is 0 Å². The number of amides is 1. The molecule has 0 spiro atoms. The molecule has 1 fully saturated rings. The number of thioether (sulfide) groups is 1. The van der Waals surface area contributed by atoms with E-state index in [-0.39, 0.29) is 5.91 Å². The van der Waals surface area contributed by atoms with Gasteiger partial charge in [0.1, 0.15) is 0 Å². The summed E-state index contributed by atoms with van der Waals surface area (Å²) in [6.45, 7) is 1.71. The first kappa shape index (κ1) is 15.3. The molecule has 5 heteroatoms. The van der Waals surface area contributed by atoms with Gasteiger partial charge >= 0.3 is 0 Å². The van der Waals surface area contributed by atoms with E-state index in [0.29, 0.717) is 17.1 Å². The number of nitrogens with zero attached hydrogens (tertiary/aromatic N) is 1. The number of benzene rings is 1. The average molecular weight is 299 g/mol. The third-order valence-corrected chi connectivity index (χ3v) is 4.43. The van der Waals surface area contributed by atoms with Crippen molar-refractivity contribution in [3.05, 3.63) is 29.8 Å². The van der Waals surface area contributed by atoms with Crippen molar-refractivity contribution in [2.75, 3.05) is 18.8 Å². The Balaban J connectivity index is 1.76. The number of carbonyl (C=O) groups is 1. The zero-order valence-corrected chi connectivity index (χ0v) is 12.2. The van der Waals surface area contributed by atoms with Gasteiger partial charge in [-0.1, -0.05) is 12.8 Å². The van der Waals surface area contributed by atoms with Crippen LogP contribution in [0.5, 0.6) is 0 Å². The van der Waals surface area contributed by atoms with Crippen LogP contribution in [-0.4, -0.2) is 29.6 Å². The molecule has 0 atom stereocenters. The van der Waals surface area contributed by atoms with Gasteiger partial charge < -0.3 is 4.90 Å². The minimum Gasteiger partial charge on any atom is -0.343 e. The average Bonchev–Trinajstić information content (AvgIpc) is 2.71. The van der Waals surface area contributed by atoms with Crippen molar-refractivity contribution in [3.8, 4) is 0 Å². The lowest BCUT2D eigenvalue weighted by Crippen LogP contribution is -2.31. The highest BCUT2D eigenvalue weighted by Gasteiger charge is 2.15. The highest BCUT2D eigenvalue weighted by Crippen LogP contribution is 2.21. The number of carbonyl (C=O) groups excluding carboxylic acids is 1. The van der Waals surface area contributed by atoms with E-state index in [0.717, 1.165) is 32.0 Å². The third-order valence-electron chi connectivity index (χ3n) is 3.43. The van der Waals surface area contributed by atoms with Gasteiger partial charge in [0.05, 0.1) is 0 Å². The van der Waals surface area contributed by atoms with E-state index in [9.17, 15) is 13.6 Å². The Hall–Kier alpha value is -1.10. The SMILES string of the molecule is O=C(CCSc1ccc(F)c(F)c1)N1CCCCCC1. The number of hydrogen-bond donors (Lipinski definition) is 0. The van der Waals surface area contributed by atoms with E-state index in [1.54, 1.807) is 6.07 Å². The van der Waals surface area contributed by atoms with Crippen LogP contribution in [0.1, 0.15) is 32.1 Å². The maximum absolute atomic E-state index is 13.0. The summed E-state index contributed by atoms with van der Waals surface area (Å²) >= 11 is 1.39. The van der Waals surface area contributed by atoms with Crippen LogP contribution in [0.4, 0.5) is 8.78 Å². The summed E-state index contributed by atoms with van der Waals surface area (Å²) in [5.74, 6) is -0.911. The molecule has 0 radical (unpaired) electrons. The molecule has 1 amide bonds. The van der Waals surface area contributed by atoms with Crippen LogP contribution in [-0.2, 0) is 4.79 Å². The number of rotatable bonds is 4. The Morgan fingerprint density at radius 1 is 1.10 bits per heavy atom. The zero-order valence-electron chi connectivity index (χ0n) is 11.4. The van der Waals surface area contributed by atoms with Crippen molar-refractivity contribution in [1.29, 1.82) is 0 Å². The first-order valence-corrected chi connectivity index (χ1v) is 8.01. The molecule has 0 saturated carbocycles. The standard InChI is InChI=1S/C15H19F2NOS/c16-13-6-5-12(11-14(13)17)20-10-7-15(19)18-8-3-1-2-4-9-18/h5-6,11H,1-4,7-10H2. The monoisotopic (exact) mass is 299 g/mol.